The monoisotopic (exact) mass is 410 g/mol. The van der Waals surface area contributed by atoms with E-state index in [0.717, 1.165) is 49.8 Å². The average Bonchev–Trinajstić information content (AvgIpc) is 2.98. The summed E-state index contributed by atoms with van der Waals surface area (Å²) in [7, 11) is 0. The van der Waals surface area contributed by atoms with Gasteiger partial charge < -0.3 is 14.8 Å². The Hall–Kier alpha value is -2.74. The number of piperazine rings is 1. The second-order valence-corrected chi connectivity index (χ2v) is 8.15. The summed E-state index contributed by atoms with van der Waals surface area (Å²) in [6, 6.07) is 7.40. The molecule has 0 atom stereocenters. The van der Waals surface area contributed by atoms with Gasteiger partial charge in [-0.2, -0.15) is 0 Å². The minimum absolute atomic E-state index is 0.0326. The van der Waals surface area contributed by atoms with E-state index in [1.165, 1.54) is 19.3 Å². The smallest absolute Gasteiger partial charge is 0.251 e. The zero-order valence-electron chi connectivity index (χ0n) is 17.6. The summed E-state index contributed by atoms with van der Waals surface area (Å²) in [5.41, 5.74) is 1.52. The van der Waals surface area contributed by atoms with Crippen LogP contribution in [-0.4, -0.2) is 69.1 Å². The van der Waals surface area contributed by atoms with Gasteiger partial charge in [-0.25, -0.2) is 0 Å². The van der Waals surface area contributed by atoms with Gasteiger partial charge in [0.15, 0.2) is 0 Å². The fraction of sp³-hybridized carbons (Fsp3) is 0.545. The maximum atomic E-state index is 12.5. The lowest BCUT2D eigenvalue weighted by molar-refractivity contribution is -0.131. The molecule has 3 heterocycles. The maximum Gasteiger partial charge on any atom is 0.251 e. The molecule has 2 aliphatic rings. The largest absolute Gasteiger partial charge is 0.343 e. The third-order valence-electron chi connectivity index (χ3n) is 6.07. The Morgan fingerprint density at radius 2 is 1.80 bits per heavy atom. The molecule has 30 heavy (non-hydrogen) atoms. The number of aromatic nitrogens is 3. The Labute approximate surface area is 177 Å². The second kappa shape index (κ2) is 9.38. The molecule has 0 radical (unpaired) electrons. The van der Waals surface area contributed by atoms with Gasteiger partial charge in [0.1, 0.15) is 11.6 Å². The summed E-state index contributed by atoms with van der Waals surface area (Å²) in [6.07, 6.45) is 4.65. The topological polar surface area (TPSA) is 83.4 Å². The van der Waals surface area contributed by atoms with Crippen LogP contribution in [0.4, 0.5) is 0 Å². The fourth-order valence-corrected chi connectivity index (χ4v) is 4.21. The molecule has 1 aromatic heterocycles. The number of nitrogens with zero attached hydrogens (tertiary/aromatic N) is 5. The fourth-order valence-electron chi connectivity index (χ4n) is 4.21. The van der Waals surface area contributed by atoms with Crippen LogP contribution in [-0.2, 0) is 24.3 Å². The SMILES string of the molecule is Cc1ccccc1C(=O)NCC(=O)N1CCN(Cc2nnc3n2CCCCC3)CC1. The highest BCUT2D eigenvalue weighted by Gasteiger charge is 2.24. The third kappa shape index (κ3) is 4.70. The second-order valence-electron chi connectivity index (χ2n) is 8.15. The van der Waals surface area contributed by atoms with E-state index in [1.54, 1.807) is 6.07 Å². The molecular formula is C22H30N6O2. The normalized spacial score (nSPS) is 17.3. The summed E-state index contributed by atoms with van der Waals surface area (Å²) in [5, 5.41) is 11.6. The van der Waals surface area contributed by atoms with E-state index in [0.29, 0.717) is 18.7 Å². The number of benzene rings is 1. The lowest BCUT2D eigenvalue weighted by atomic mass is 10.1. The van der Waals surface area contributed by atoms with E-state index in [1.807, 2.05) is 30.0 Å². The lowest BCUT2D eigenvalue weighted by Crippen LogP contribution is -2.51. The van der Waals surface area contributed by atoms with E-state index in [4.69, 9.17) is 0 Å². The molecule has 1 N–H and O–H groups in total. The van der Waals surface area contributed by atoms with Crippen molar-refractivity contribution in [3.8, 4) is 0 Å². The summed E-state index contributed by atoms with van der Waals surface area (Å²) in [4.78, 5) is 29.0. The highest BCUT2D eigenvalue weighted by molar-refractivity contribution is 5.97. The number of aryl methyl sites for hydroxylation is 2. The quantitative estimate of drug-likeness (QED) is 0.805. The number of carbonyl (C=O) groups excluding carboxylic acids is 2. The number of rotatable bonds is 5. The Balaban J connectivity index is 1.24. The molecule has 0 bridgehead atoms. The Morgan fingerprint density at radius 1 is 1.00 bits per heavy atom. The van der Waals surface area contributed by atoms with Crippen molar-refractivity contribution in [2.24, 2.45) is 0 Å². The molecule has 8 nitrogen and oxygen atoms in total. The van der Waals surface area contributed by atoms with Crippen molar-refractivity contribution in [3.05, 3.63) is 47.0 Å². The predicted molar refractivity (Wildman–Crippen MR) is 113 cm³/mol. The summed E-state index contributed by atoms with van der Waals surface area (Å²) >= 11 is 0. The molecule has 1 saturated heterocycles. The van der Waals surface area contributed by atoms with E-state index in [2.05, 4.69) is 25.0 Å². The zero-order chi connectivity index (χ0) is 20.9. The number of fused-ring (bicyclic) bond motifs is 1. The Morgan fingerprint density at radius 3 is 2.60 bits per heavy atom. The van der Waals surface area contributed by atoms with Gasteiger partial charge in [-0.15, -0.1) is 10.2 Å². The molecule has 0 saturated carbocycles. The number of amides is 2. The van der Waals surface area contributed by atoms with Crippen LogP contribution in [0.25, 0.3) is 0 Å². The molecule has 2 aliphatic heterocycles. The van der Waals surface area contributed by atoms with Crippen molar-refractivity contribution in [3.63, 3.8) is 0 Å². The molecule has 160 valence electrons. The van der Waals surface area contributed by atoms with Crippen LogP contribution in [0.3, 0.4) is 0 Å². The van der Waals surface area contributed by atoms with E-state index in [-0.39, 0.29) is 18.4 Å². The summed E-state index contributed by atoms with van der Waals surface area (Å²) in [5.74, 6) is 1.92. The van der Waals surface area contributed by atoms with Crippen molar-refractivity contribution in [1.82, 2.24) is 29.9 Å². The van der Waals surface area contributed by atoms with Gasteiger partial charge in [0, 0.05) is 44.7 Å². The van der Waals surface area contributed by atoms with Crippen molar-refractivity contribution >= 4 is 11.8 Å². The van der Waals surface area contributed by atoms with Crippen LogP contribution in [0, 0.1) is 6.92 Å². The van der Waals surface area contributed by atoms with Gasteiger partial charge in [-0.3, -0.25) is 14.5 Å². The number of nitrogens with one attached hydrogen (secondary N) is 1. The Bertz CT molecular complexity index is 901. The molecule has 2 amide bonds. The van der Waals surface area contributed by atoms with Gasteiger partial charge in [0.05, 0.1) is 13.1 Å². The summed E-state index contributed by atoms with van der Waals surface area (Å²) in [6.45, 7) is 6.66. The molecule has 1 fully saturated rings. The van der Waals surface area contributed by atoms with Crippen molar-refractivity contribution in [2.45, 2.75) is 45.7 Å². The maximum absolute atomic E-state index is 12.5. The minimum atomic E-state index is -0.201. The third-order valence-corrected chi connectivity index (χ3v) is 6.07. The van der Waals surface area contributed by atoms with Gasteiger partial charge in [0.2, 0.25) is 5.91 Å². The lowest BCUT2D eigenvalue weighted by Gasteiger charge is -2.34. The molecule has 0 spiro atoms. The molecular weight excluding hydrogens is 380 g/mol. The van der Waals surface area contributed by atoms with Gasteiger partial charge >= 0.3 is 0 Å². The average molecular weight is 411 g/mol. The van der Waals surface area contributed by atoms with Gasteiger partial charge in [-0.1, -0.05) is 24.6 Å². The van der Waals surface area contributed by atoms with Crippen LogP contribution in [0.15, 0.2) is 24.3 Å². The minimum Gasteiger partial charge on any atom is -0.343 e. The standard InChI is InChI=1S/C22H30N6O2/c1-17-7-4-5-8-18(17)22(30)23-15-21(29)27-13-11-26(12-14-27)16-20-25-24-19-9-3-2-6-10-28(19)20/h4-5,7-8H,2-3,6,9-16H2,1H3,(H,23,30). The first kappa shape index (κ1) is 20.5. The van der Waals surface area contributed by atoms with E-state index < -0.39 is 0 Å². The first-order chi connectivity index (χ1) is 14.6. The van der Waals surface area contributed by atoms with Gasteiger partial charge in [0.25, 0.3) is 5.91 Å². The number of hydrogen-bond acceptors (Lipinski definition) is 5. The molecule has 8 heteroatoms. The highest BCUT2D eigenvalue weighted by Crippen LogP contribution is 2.16. The molecule has 0 unspecified atom stereocenters. The van der Waals surface area contributed by atoms with Crippen LogP contribution >= 0.6 is 0 Å². The van der Waals surface area contributed by atoms with Crippen molar-refractivity contribution < 1.29 is 9.59 Å². The number of hydrogen-bond donors (Lipinski definition) is 1. The predicted octanol–water partition coefficient (Wildman–Crippen LogP) is 1.39. The Kier molecular flexibility index (Phi) is 6.42. The van der Waals surface area contributed by atoms with Crippen molar-refractivity contribution in [2.75, 3.05) is 32.7 Å². The van der Waals surface area contributed by atoms with Gasteiger partial charge in [-0.05, 0) is 31.4 Å². The van der Waals surface area contributed by atoms with Crippen LogP contribution in [0.5, 0.6) is 0 Å². The van der Waals surface area contributed by atoms with E-state index in [9.17, 15) is 9.59 Å². The van der Waals surface area contributed by atoms with E-state index >= 15 is 0 Å². The van der Waals surface area contributed by atoms with Crippen LogP contribution in [0.1, 0.15) is 46.8 Å². The van der Waals surface area contributed by atoms with Crippen LogP contribution < -0.4 is 5.32 Å². The molecule has 1 aromatic carbocycles. The first-order valence-corrected chi connectivity index (χ1v) is 10.9. The molecule has 2 aromatic rings. The van der Waals surface area contributed by atoms with Crippen LogP contribution in [0.2, 0.25) is 0 Å². The molecule has 4 rings (SSSR count). The molecule has 0 aliphatic carbocycles. The first-order valence-electron chi connectivity index (χ1n) is 10.9. The summed E-state index contributed by atoms with van der Waals surface area (Å²) < 4.78 is 2.28. The van der Waals surface area contributed by atoms with Crippen molar-refractivity contribution in [1.29, 1.82) is 0 Å². The highest BCUT2D eigenvalue weighted by atomic mass is 16.2. The zero-order valence-corrected chi connectivity index (χ0v) is 17.6. The number of carbonyl (C=O) groups is 2.